The second-order valence-corrected chi connectivity index (χ2v) is 7.60. The summed E-state index contributed by atoms with van der Waals surface area (Å²) in [4.78, 5) is 28.7. The molecule has 2 aromatic rings. The van der Waals surface area contributed by atoms with Crippen LogP contribution >= 0.6 is 0 Å². The first-order valence-corrected chi connectivity index (χ1v) is 9.77. The number of amides is 3. The Morgan fingerprint density at radius 3 is 2.39 bits per heavy atom. The molecule has 5 heteroatoms. The highest BCUT2D eigenvalue weighted by molar-refractivity contribution is 6.14. The Morgan fingerprint density at radius 2 is 1.71 bits per heavy atom. The number of carbonyl (C=O) groups excluding carboxylic acids is 2. The van der Waals surface area contributed by atoms with Crippen LogP contribution in [-0.2, 0) is 11.3 Å². The molecule has 4 rings (SSSR count). The number of benzene rings is 2. The number of carbonyl (C=O) groups is 2. The summed E-state index contributed by atoms with van der Waals surface area (Å²) in [6.45, 7) is 6.52. The smallest absolute Gasteiger partial charge is 0.329 e. The molecule has 2 fully saturated rings. The van der Waals surface area contributed by atoms with E-state index in [-0.39, 0.29) is 18.5 Å². The number of rotatable bonds is 4. The minimum atomic E-state index is -0.372. The third-order valence-electron chi connectivity index (χ3n) is 5.45. The fraction of sp³-hybridized carbons (Fsp3) is 0.304. The fourth-order valence-corrected chi connectivity index (χ4v) is 3.74. The fourth-order valence-electron chi connectivity index (χ4n) is 3.74. The van der Waals surface area contributed by atoms with Crippen LogP contribution in [0.5, 0.6) is 0 Å². The molecule has 28 heavy (non-hydrogen) atoms. The predicted octanol–water partition coefficient (Wildman–Crippen LogP) is 4.00. The van der Waals surface area contributed by atoms with E-state index in [4.69, 9.17) is 0 Å². The molecule has 144 valence electrons. The average molecular weight is 375 g/mol. The molecular weight excluding hydrogens is 350 g/mol. The molecule has 2 aliphatic rings. The predicted molar refractivity (Wildman–Crippen MR) is 111 cm³/mol. The van der Waals surface area contributed by atoms with Gasteiger partial charge >= 0.3 is 6.03 Å². The first kappa shape index (κ1) is 18.3. The number of hydrogen-bond donors (Lipinski definition) is 1. The second kappa shape index (κ2) is 7.50. The molecule has 2 aromatic carbocycles. The summed E-state index contributed by atoms with van der Waals surface area (Å²) >= 11 is 0. The Bertz CT molecular complexity index is 941. The van der Waals surface area contributed by atoms with Gasteiger partial charge in [-0.15, -0.1) is 0 Å². The highest BCUT2D eigenvalue weighted by Crippen LogP contribution is 2.25. The molecule has 5 nitrogen and oxygen atoms in total. The van der Waals surface area contributed by atoms with E-state index in [0.717, 1.165) is 35.3 Å². The van der Waals surface area contributed by atoms with Crippen molar-refractivity contribution in [3.8, 4) is 0 Å². The Kier molecular flexibility index (Phi) is 4.90. The summed E-state index contributed by atoms with van der Waals surface area (Å²) in [5.74, 6) is -0.284. The van der Waals surface area contributed by atoms with Gasteiger partial charge in [0.05, 0.1) is 6.54 Å². The monoisotopic (exact) mass is 375 g/mol. The van der Waals surface area contributed by atoms with E-state index < -0.39 is 0 Å². The molecule has 0 unspecified atom stereocenters. The van der Waals surface area contributed by atoms with E-state index in [1.165, 1.54) is 23.4 Å². The van der Waals surface area contributed by atoms with Crippen LogP contribution in [0.3, 0.4) is 0 Å². The lowest BCUT2D eigenvalue weighted by atomic mass is 10.1. The number of anilines is 1. The molecule has 0 atom stereocenters. The lowest BCUT2D eigenvalue weighted by Gasteiger charge is -2.18. The minimum Gasteiger partial charge on any atom is -0.372 e. The van der Waals surface area contributed by atoms with Crippen molar-refractivity contribution >= 4 is 23.7 Å². The molecule has 0 bridgehead atoms. The van der Waals surface area contributed by atoms with Gasteiger partial charge in [0, 0.05) is 18.8 Å². The number of hydrogen-bond acceptors (Lipinski definition) is 3. The number of urea groups is 1. The maximum absolute atomic E-state index is 12.7. The zero-order chi connectivity index (χ0) is 19.7. The zero-order valence-electron chi connectivity index (χ0n) is 16.4. The normalized spacial score (nSPS) is 18.3. The van der Waals surface area contributed by atoms with Crippen LogP contribution in [0.2, 0.25) is 0 Å². The summed E-state index contributed by atoms with van der Waals surface area (Å²) in [7, 11) is 0. The van der Waals surface area contributed by atoms with Crippen molar-refractivity contribution in [3.05, 3.63) is 70.4 Å². The third-order valence-corrected chi connectivity index (χ3v) is 5.45. The van der Waals surface area contributed by atoms with Crippen molar-refractivity contribution < 1.29 is 9.59 Å². The summed E-state index contributed by atoms with van der Waals surface area (Å²) in [6, 6.07) is 13.8. The van der Waals surface area contributed by atoms with Gasteiger partial charge in [-0.05, 0) is 61.6 Å². The maximum Gasteiger partial charge on any atom is 0.329 e. The molecular formula is C23H25N3O2. The lowest BCUT2D eigenvalue weighted by Crippen LogP contribution is -2.30. The van der Waals surface area contributed by atoms with Gasteiger partial charge in [0.15, 0.2) is 0 Å². The van der Waals surface area contributed by atoms with Crippen LogP contribution in [0.1, 0.15) is 35.1 Å². The van der Waals surface area contributed by atoms with Crippen molar-refractivity contribution in [2.24, 2.45) is 0 Å². The largest absolute Gasteiger partial charge is 0.372 e. The van der Waals surface area contributed by atoms with E-state index in [2.05, 4.69) is 22.3 Å². The Morgan fingerprint density at radius 1 is 1.00 bits per heavy atom. The van der Waals surface area contributed by atoms with Gasteiger partial charge in [-0.3, -0.25) is 9.69 Å². The highest BCUT2D eigenvalue weighted by atomic mass is 16.2. The van der Waals surface area contributed by atoms with Crippen LogP contribution in [0.25, 0.3) is 6.08 Å². The number of imide groups is 1. The van der Waals surface area contributed by atoms with Crippen LogP contribution < -0.4 is 10.2 Å². The maximum atomic E-state index is 12.7. The SMILES string of the molecule is Cc1ccc(CN2C(=O)NC(=Cc3ccc(N4CCCC4)cc3C)C2=O)cc1. The van der Waals surface area contributed by atoms with E-state index in [1.807, 2.05) is 44.2 Å². The van der Waals surface area contributed by atoms with E-state index in [1.54, 1.807) is 6.08 Å². The van der Waals surface area contributed by atoms with Gasteiger partial charge in [-0.25, -0.2) is 4.79 Å². The topological polar surface area (TPSA) is 52.7 Å². The van der Waals surface area contributed by atoms with Gasteiger partial charge in [0.1, 0.15) is 5.70 Å². The molecule has 0 aliphatic carbocycles. The zero-order valence-corrected chi connectivity index (χ0v) is 16.4. The van der Waals surface area contributed by atoms with Gasteiger partial charge < -0.3 is 10.2 Å². The Labute approximate surface area is 165 Å². The summed E-state index contributed by atoms with van der Waals surface area (Å²) in [5.41, 5.74) is 5.67. The molecule has 0 saturated carbocycles. The number of aryl methyl sites for hydroxylation is 2. The third kappa shape index (κ3) is 3.65. The van der Waals surface area contributed by atoms with Gasteiger partial charge in [0.25, 0.3) is 5.91 Å². The van der Waals surface area contributed by atoms with Crippen LogP contribution in [-0.4, -0.2) is 29.9 Å². The van der Waals surface area contributed by atoms with Crippen LogP contribution in [0.4, 0.5) is 10.5 Å². The molecule has 2 aliphatic heterocycles. The average Bonchev–Trinajstić information content (AvgIpc) is 3.30. The highest BCUT2D eigenvalue weighted by Gasteiger charge is 2.33. The quantitative estimate of drug-likeness (QED) is 0.649. The van der Waals surface area contributed by atoms with E-state index in [0.29, 0.717) is 5.70 Å². The molecule has 3 amide bonds. The summed E-state index contributed by atoms with van der Waals surface area (Å²) in [5, 5.41) is 2.72. The molecule has 0 spiro atoms. The van der Waals surface area contributed by atoms with Crippen molar-refractivity contribution in [2.75, 3.05) is 18.0 Å². The summed E-state index contributed by atoms with van der Waals surface area (Å²) < 4.78 is 0. The van der Waals surface area contributed by atoms with Crippen molar-refractivity contribution in [2.45, 2.75) is 33.2 Å². The Balaban J connectivity index is 1.52. The minimum absolute atomic E-state index is 0.273. The van der Waals surface area contributed by atoms with Gasteiger partial charge in [0.2, 0.25) is 0 Å². The number of nitrogens with one attached hydrogen (secondary N) is 1. The Hall–Kier alpha value is -3.08. The van der Waals surface area contributed by atoms with Gasteiger partial charge in [-0.1, -0.05) is 35.9 Å². The molecule has 0 radical (unpaired) electrons. The molecule has 0 aromatic heterocycles. The standard InChI is InChI=1S/C23H25N3O2/c1-16-5-7-18(8-6-16)15-26-22(27)21(24-23(26)28)14-19-9-10-20(13-17(19)2)25-11-3-4-12-25/h5-10,13-14H,3-4,11-12,15H2,1-2H3,(H,24,28). The molecule has 2 saturated heterocycles. The van der Waals surface area contributed by atoms with Crippen LogP contribution in [0.15, 0.2) is 48.2 Å². The molecule has 1 N–H and O–H groups in total. The van der Waals surface area contributed by atoms with E-state index in [9.17, 15) is 9.59 Å². The molecule has 2 heterocycles. The van der Waals surface area contributed by atoms with E-state index >= 15 is 0 Å². The number of nitrogens with zero attached hydrogens (tertiary/aromatic N) is 2. The van der Waals surface area contributed by atoms with Gasteiger partial charge in [-0.2, -0.15) is 0 Å². The van der Waals surface area contributed by atoms with Crippen molar-refractivity contribution in [1.82, 2.24) is 10.2 Å². The summed E-state index contributed by atoms with van der Waals surface area (Å²) in [6.07, 6.45) is 4.25. The second-order valence-electron chi connectivity index (χ2n) is 7.60. The lowest BCUT2D eigenvalue weighted by molar-refractivity contribution is -0.123. The van der Waals surface area contributed by atoms with Crippen molar-refractivity contribution in [3.63, 3.8) is 0 Å². The first-order chi connectivity index (χ1) is 13.5. The first-order valence-electron chi connectivity index (χ1n) is 9.77. The van der Waals surface area contributed by atoms with Crippen LogP contribution in [0, 0.1) is 13.8 Å². The van der Waals surface area contributed by atoms with Crippen molar-refractivity contribution in [1.29, 1.82) is 0 Å².